The van der Waals surface area contributed by atoms with Crippen molar-refractivity contribution < 1.29 is 37.7 Å². The highest BCUT2D eigenvalue weighted by Gasteiger charge is 2.18. The Balaban J connectivity index is 1.31. The average Bonchev–Trinajstić information content (AvgIpc) is 3.70. The lowest BCUT2D eigenvalue weighted by Crippen LogP contribution is -2.32. The van der Waals surface area contributed by atoms with Crippen LogP contribution < -0.4 is 29.7 Å². The van der Waals surface area contributed by atoms with Gasteiger partial charge >= 0.3 is 5.97 Å². The molecule has 0 bridgehead atoms. The number of ether oxygens (including phenoxy) is 4. The van der Waals surface area contributed by atoms with Crippen molar-refractivity contribution in [2.75, 3.05) is 13.9 Å². The number of hydrogen-bond donors (Lipinski definition) is 2. The zero-order valence-corrected chi connectivity index (χ0v) is 21.7. The summed E-state index contributed by atoms with van der Waals surface area (Å²) in [5.41, 5.74) is 3.88. The van der Waals surface area contributed by atoms with E-state index >= 15 is 0 Å². The Morgan fingerprint density at radius 1 is 0.878 bits per heavy atom. The fourth-order valence-electron chi connectivity index (χ4n) is 3.73. The summed E-state index contributed by atoms with van der Waals surface area (Å²) in [6, 6.07) is 21.4. The lowest BCUT2D eigenvalue weighted by molar-refractivity contribution is -0.117. The third-order valence-electron chi connectivity index (χ3n) is 5.73. The number of methoxy groups -OCH3 is 1. The van der Waals surface area contributed by atoms with Gasteiger partial charge in [-0.15, -0.1) is 0 Å². The van der Waals surface area contributed by atoms with Crippen LogP contribution in [0.15, 0.2) is 100 Å². The van der Waals surface area contributed by atoms with Gasteiger partial charge in [-0.25, -0.2) is 10.2 Å². The predicted molar refractivity (Wildman–Crippen MR) is 147 cm³/mol. The molecule has 0 aliphatic carbocycles. The summed E-state index contributed by atoms with van der Waals surface area (Å²) in [6.07, 6.45) is 4.24. The van der Waals surface area contributed by atoms with E-state index < -0.39 is 17.8 Å². The lowest BCUT2D eigenvalue weighted by atomic mass is 10.1. The molecule has 11 nitrogen and oxygen atoms in total. The van der Waals surface area contributed by atoms with Crippen molar-refractivity contribution in [1.29, 1.82) is 0 Å². The summed E-state index contributed by atoms with van der Waals surface area (Å²) < 4.78 is 26.4. The molecule has 0 saturated carbocycles. The normalized spacial score (nSPS) is 12.2. The third-order valence-corrected chi connectivity index (χ3v) is 5.73. The Bertz CT molecular complexity index is 1630. The third kappa shape index (κ3) is 6.60. The van der Waals surface area contributed by atoms with Crippen molar-refractivity contribution in [1.82, 2.24) is 10.7 Å². The van der Waals surface area contributed by atoms with Gasteiger partial charge in [0.05, 0.1) is 19.6 Å². The van der Waals surface area contributed by atoms with Crippen LogP contribution in [0.25, 0.3) is 6.08 Å². The zero-order valence-electron chi connectivity index (χ0n) is 21.7. The van der Waals surface area contributed by atoms with Gasteiger partial charge in [0.1, 0.15) is 5.70 Å². The van der Waals surface area contributed by atoms with Crippen molar-refractivity contribution in [2.24, 2.45) is 5.10 Å². The van der Waals surface area contributed by atoms with Crippen LogP contribution in [0.1, 0.15) is 32.0 Å². The Morgan fingerprint density at radius 2 is 1.68 bits per heavy atom. The number of carbonyl (C=O) groups is 3. The highest BCUT2D eigenvalue weighted by Crippen LogP contribution is 2.33. The van der Waals surface area contributed by atoms with E-state index in [1.807, 2.05) is 0 Å². The molecule has 0 fully saturated rings. The molecule has 2 heterocycles. The van der Waals surface area contributed by atoms with Crippen LogP contribution in [-0.2, 0) is 4.79 Å². The largest absolute Gasteiger partial charge is 0.493 e. The number of nitrogens with one attached hydrogen (secondary N) is 2. The van der Waals surface area contributed by atoms with E-state index in [2.05, 4.69) is 15.8 Å². The highest BCUT2D eigenvalue weighted by atomic mass is 16.7. The van der Waals surface area contributed by atoms with Crippen molar-refractivity contribution in [3.63, 3.8) is 0 Å². The molecule has 5 rings (SSSR count). The molecule has 0 spiro atoms. The van der Waals surface area contributed by atoms with E-state index in [1.54, 1.807) is 66.7 Å². The first-order valence-electron chi connectivity index (χ1n) is 12.2. The number of hydrazone groups is 1. The molecule has 0 atom stereocenters. The van der Waals surface area contributed by atoms with Crippen molar-refractivity contribution >= 4 is 30.1 Å². The van der Waals surface area contributed by atoms with Gasteiger partial charge in [-0.2, -0.15) is 5.10 Å². The number of nitrogens with zero attached hydrogens (tertiary/aromatic N) is 1. The summed E-state index contributed by atoms with van der Waals surface area (Å²) >= 11 is 0. The molecule has 4 aromatic rings. The standard InChI is InChI=1S/C30H23N3O8/c1-37-26-16-20(10-12-24(26)41-30(36)25-8-5-13-38-25)17-31-33-29(35)22(32-28(34)21-6-3-2-4-7-21)14-19-9-11-23-27(15-19)40-18-39-23/h2-17H,18H2,1H3,(H,32,34)(H,33,35)/b22-14+,31-17-. The first-order valence-corrected chi connectivity index (χ1v) is 12.2. The van der Waals surface area contributed by atoms with Crippen molar-refractivity contribution in [3.05, 3.63) is 113 Å². The minimum absolute atomic E-state index is 0.0457. The number of amides is 2. The fourth-order valence-corrected chi connectivity index (χ4v) is 3.73. The zero-order chi connectivity index (χ0) is 28.6. The molecular weight excluding hydrogens is 530 g/mol. The fraction of sp³-hybridized carbons (Fsp3) is 0.0667. The Kier molecular flexibility index (Phi) is 8.06. The van der Waals surface area contributed by atoms with Crippen LogP contribution >= 0.6 is 0 Å². The number of esters is 1. The van der Waals surface area contributed by atoms with Crippen LogP contribution in [0.4, 0.5) is 0 Å². The van der Waals surface area contributed by atoms with Gasteiger partial charge < -0.3 is 28.7 Å². The summed E-state index contributed by atoms with van der Waals surface area (Å²) in [7, 11) is 1.42. The molecule has 2 N–H and O–H groups in total. The molecule has 2 amide bonds. The number of fused-ring (bicyclic) bond motifs is 1. The molecule has 1 aliphatic rings. The van der Waals surface area contributed by atoms with Gasteiger partial charge in [0.25, 0.3) is 11.8 Å². The maximum Gasteiger partial charge on any atom is 0.379 e. The molecule has 0 saturated heterocycles. The number of rotatable bonds is 9. The Labute approximate surface area is 234 Å². The molecule has 41 heavy (non-hydrogen) atoms. The second kappa shape index (κ2) is 12.3. The minimum Gasteiger partial charge on any atom is -0.493 e. The number of furan rings is 1. The topological polar surface area (TPSA) is 138 Å². The summed E-state index contributed by atoms with van der Waals surface area (Å²) in [4.78, 5) is 38.1. The van der Waals surface area contributed by atoms with Crippen molar-refractivity contribution in [2.45, 2.75) is 0 Å². The maximum atomic E-state index is 13.1. The summed E-state index contributed by atoms with van der Waals surface area (Å²) in [5, 5.41) is 6.65. The van der Waals surface area contributed by atoms with Gasteiger partial charge in [-0.3, -0.25) is 9.59 Å². The van der Waals surface area contributed by atoms with E-state index in [4.69, 9.17) is 23.4 Å². The van der Waals surface area contributed by atoms with Crippen LogP contribution in [0.3, 0.4) is 0 Å². The SMILES string of the molecule is COc1cc(/C=N\NC(=O)/C(=C\c2ccc3c(c2)OCO3)NC(=O)c2ccccc2)ccc1OC(=O)c1ccco1. The smallest absolute Gasteiger partial charge is 0.379 e. The van der Waals surface area contributed by atoms with E-state index in [1.165, 1.54) is 37.8 Å². The van der Waals surface area contributed by atoms with Crippen LogP contribution in [-0.4, -0.2) is 37.9 Å². The number of carbonyl (C=O) groups excluding carboxylic acids is 3. The summed E-state index contributed by atoms with van der Waals surface area (Å²) in [5.74, 6) is -0.223. The maximum absolute atomic E-state index is 13.1. The van der Waals surface area contributed by atoms with Gasteiger partial charge in [0.15, 0.2) is 23.0 Å². The van der Waals surface area contributed by atoms with E-state index in [0.29, 0.717) is 28.2 Å². The van der Waals surface area contributed by atoms with E-state index in [-0.39, 0.29) is 29.7 Å². The lowest BCUT2D eigenvalue weighted by Gasteiger charge is -2.10. The minimum atomic E-state index is -0.679. The van der Waals surface area contributed by atoms with E-state index in [9.17, 15) is 14.4 Å². The first-order chi connectivity index (χ1) is 20.0. The second-order valence-electron chi connectivity index (χ2n) is 8.47. The molecule has 0 radical (unpaired) electrons. The monoisotopic (exact) mass is 553 g/mol. The van der Waals surface area contributed by atoms with Crippen LogP contribution in [0.5, 0.6) is 23.0 Å². The molecule has 1 aliphatic heterocycles. The number of benzene rings is 3. The van der Waals surface area contributed by atoms with Crippen LogP contribution in [0, 0.1) is 0 Å². The Morgan fingerprint density at radius 3 is 2.46 bits per heavy atom. The molecule has 206 valence electrons. The highest BCUT2D eigenvalue weighted by molar-refractivity contribution is 6.05. The molecular formula is C30H23N3O8. The van der Waals surface area contributed by atoms with Gasteiger partial charge in [-0.1, -0.05) is 24.3 Å². The second-order valence-corrected chi connectivity index (χ2v) is 8.47. The predicted octanol–water partition coefficient (Wildman–Crippen LogP) is 4.16. The molecule has 11 heteroatoms. The molecule has 1 aromatic heterocycles. The van der Waals surface area contributed by atoms with Gasteiger partial charge in [-0.05, 0) is 71.8 Å². The quantitative estimate of drug-likeness (QED) is 0.104. The molecule has 3 aromatic carbocycles. The van der Waals surface area contributed by atoms with Crippen molar-refractivity contribution in [3.8, 4) is 23.0 Å². The average molecular weight is 554 g/mol. The Hall–Kier alpha value is -5.84. The number of hydrogen-bond acceptors (Lipinski definition) is 9. The molecule has 0 unspecified atom stereocenters. The van der Waals surface area contributed by atoms with Crippen LogP contribution in [0.2, 0.25) is 0 Å². The van der Waals surface area contributed by atoms with Gasteiger partial charge in [0, 0.05) is 5.56 Å². The van der Waals surface area contributed by atoms with Gasteiger partial charge in [0.2, 0.25) is 12.6 Å². The first kappa shape index (κ1) is 26.8. The summed E-state index contributed by atoms with van der Waals surface area (Å²) in [6.45, 7) is 0.105. The van der Waals surface area contributed by atoms with E-state index in [0.717, 1.165) is 0 Å².